The minimum absolute atomic E-state index is 0.0923. The third kappa shape index (κ3) is 5.20. The molecule has 0 fully saturated rings. The van der Waals surface area contributed by atoms with E-state index in [9.17, 15) is 14.7 Å². The fraction of sp³-hybridized carbons (Fsp3) is 0.273. The highest BCUT2D eigenvalue weighted by atomic mass is 16.5. The Morgan fingerprint density at radius 2 is 1.82 bits per heavy atom. The van der Waals surface area contributed by atoms with E-state index >= 15 is 0 Å². The quantitative estimate of drug-likeness (QED) is 0.752. The number of nitrogens with zero attached hydrogens (tertiary/aromatic N) is 1. The van der Waals surface area contributed by atoms with Crippen molar-refractivity contribution in [3.05, 3.63) is 65.7 Å². The fourth-order valence-corrected chi connectivity index (χ4v) is 3.10. The second-order valence-electron chi connectivity index (χ2n) is 6.61. The zero-order valence-corrected chi connectivity index (χ0v) is 15.9. The van der Waals surface area contributed by atoms with Crippen LogP contribution in [0.4, 0.5) is 5.69 Å². The molecule has 1 aliphatic rings. The molecule has 6 nitrogen and oxygen atoms in total. The van der Waals surface area contributed by atoms with Crippen LogP contribution in [0.25, 0.3) is 5.57 Å². The molecule has 2 aromatic carbocycles. The van der Waals surface area contributed by atoms with Crippen molar-refractivity contribution < 1.29 is 19.4 Å². The van der Waals surface area contributed by atoms with Gasteiger partial charge in [-0.15, -0.1) is 0 Å². The first kappa shape index (κ1) is 19.6. The lowest BCUT2D eigenvalue weighted by Crippen LogP contribution is -2.36. The molecule has 0 radical (unpaired) electrons. The number of amides is 1. The Hall–Kier alpha value is -3.12. The predicted molar refractivity (Wildman–Crippen MR) is 108 cm³/mol. The lowest BCUT2D eigenvalue weighted by molar-refractivity contribution is -0.117. The minimum Gasteiger partial charge on any atom is -0.508 e. The second kappa shape index (κ2) is 9.19. The van der Waals surface area contributed by atoms with Gasteiger partial charge in [-0.3, -0.25) is 9.69 Å². The van der Waals surface area contributed by atoms with Crippen molar-refractivity contribution >= 4 is 23.1 Å². The molecule has 146 valence electrons. The number of aromatic hydroxyl groups is 1. The number of rotatable bonds is 6. The Balaban J connectivity index is 1.50. The molecule has 3 rings (SSSR count). The number of benzene rings is 2. The predicted octanol–water partition coefficient (Wildman–Crippen LogP) is 3.30. The van der Waals surface area contributed by atoms with Crippen LogP contribution in [0.15, 0.2) is 54.6 Å². The van der Waals surface area contributed by atoms with Crippen molar-refractivity contribution in [2.24, 2.45) is 0 Å². The van der Waals surface area contributed by atoms with E-state index in [1.807, 2.05) is 12.1 Å². The van der Waals surface area contributed by atoms with Crippen LogP contribution in [-0.2, 0) is 9.53 Å². The lowest BCUT2D eigenvalue weighted by Gasteiger charge is -2.26. The molecule has 1 aliphatic heterocycles. The number of carbonyl (C=O) groups excluding carboxylic acids is 2. The summed E-state index contributed by atoms with van der Waals surface area (Å²) in [5.74, 6) is -0.205. The standard InChI is InChI=1S/C22H24N2O4/c1-2-28-22(27)18-3-7-19(8-4-18)23-21(26)15-24-13-11-17(12-14-24)16-5-9-20(25)10-6-16/h3-11,25H,2,12-15H2,1H3,(H,23,26). The number of ether oxygens (including phenoxy) is 1. The van der Waals surface area contributed by atoms with Crippen molar-refractivity contribution in [1.29, 1.82) is 0 Å². The first-order chi connectivity index (χ1) is 13.5. The van der Waals surface area contributed by atoms with Gasteiger partial charge in [-0.2, -0.15) is 0 Å². The largest absolute Gasteiger partial charge is 0.508 e. The summed E-state index contributed by atoms with van der Waals surface area (Å²) >= 11 is 0. The normalized spacial score (nSPS) is 14.2. The molecule has 0 saturated carbocycles. The van der Waals surface area contributed by atoms with E-state index in [-0.39, 0.29) is 17.6 Å². The topological polar surface area (TPSA) is 78.9 Å². The molecule has 0 saturated heterocycles. The zero-order chi connectivity index (χ0) is 19.9. The van der Waals surface area contributed by atoms with Gasteiger partial charge in [-0.1, -0.05) is 18.2 Å². The summed E-state index contributed by atoms with van der Waals surface area (Å²) in [6, 6.07) is 13.9. The molecule has 2 N–H and O–H groups in total. The Morgan fingerprint density at radius 1 is 1.11 bits per heavy atom. The van der Waals surface area contributed by atoms with Crippen LogP contribution >= 0.6 is 0 Å². The summed E-state index contributed by atoms with van der Waals surface area (Å²) in [4.78, 5) is 26.0. The number of nitrogens with one attached hydrogen (secondary N) is 1. The maximum atomic E-state index is 12.3. The Labute approximate surface area is 164 Å². The maximum absolute atomic E-state index is 12.3. The molecule has 0 unspecified atom stereocenters. The molecule has 1 amide bonds. The van der Waals surface area contributed by atoms with Crippen LogP contribution in [-0.4, -0.2) is 48.1 Å². The smallest absolute Gasteiger partial charge is 0.338 e. The zero-order valence-electron chi connectivity index (χ0n) is 15.9. The molecule has 6 heteroatoms. The maximum Gasteiger partial charge on any atom is 0.338 e. The van der Waals surface area contributed by atoms with Gasteiger partial charge in [0, 0.05) is 18.8 Å². The van der Waals surface area contributed by atoms with Crippen molar-refractivity contribution in [3.8, 4) is 5.75 Å². The third-order valence-corrected chi connectivity index (χ3v) is 4.58. The molecular weight excluding hydrogens is 356 g/mol. The molecule has 1 heterocycles. The van der Waals surface area contributed by atoms with Crippen LogP contribution in [0.3, 0.4) is 0 Å². The van der Waals surface area contributed by atoms with E-state index in [1.165, 1.54) is 5.57 Å². The number of carbonyl (C=O) groups is 2. The molecule has 2 aromatic rings. The van der Waals surface area contributed by atoms with Gasteiger partial charge in [0.1, 0.15) is 5.75 Å². The summed E-state index contributed by atoms with van der Waals surface area (Å²) in [6.07, 6.45) is 2.98. The van der Waals surface area contributed by atoms with Crippen LogP contribution in [0, 0.1) is 0 Å². The number of hydrogen-bond acceptors (Lipinski definition) is 5. The molecule has 0 aliphatic carbocycles. The molecule has 0 atom stereocenters. The van der Waals surface area contributed by atoms with Gasteiger partial charge in [0.05, 0.1) is 18.7 Å². The van der Waals surface area contributed by atoms with E-state index in [4.69, 9.17) is 4.74 Å². The van der Waals surface area contributed by atoms with Gasteiger partial charge in [-0.05, 0) is 60.9 Å². The summed E-state index contributed by atoms with van der Waals surface area (Å²) in [6.45, 7) is 3.89. The number of anilines is 1. The molecule has 0 aromatic heterocycles. The molecule has 28 heavy (non-hydrogen) atoms. The van der Waals surface area contributed by atoms with Crippen molar-refractivity contribution in [1.82, 2.24) is 4.90 Å². The summed E-state index contributed by atoms with van der Waals surface area (Å²) in [7, 11) is 0. The average Bonchev–Trinajstić information content (AvgIpc) is 2.70. The molecule has 0 bridgehead atoms. The van der Waals surface area contributed by atoms with E-state index in [1.54, 1.807) is 43.3 Å². The number of phenols is 1. The van der Waals surface area contributed by atoms with Crippen molar-refractivity contribution in [2.45, 2.75) is 13.3 Å². The summed E-state index contributed by atoms with van der Waals surface area (Å²) in [5, 5.41) is 12.2. The van der Waals surface area contributed by atoms with E-state index in [0.717, 1.165) is 18.5 Å². The average molecular weight is 380 g/mol. The van der Waals surface area contributed by atoms with Crippen LogP contribution < -0.4 is 5.32 Å². The fourth-order valence-electron chi connectivity index (χ4n) is 3.10. The Bertz CT molecular complexity index is 857. The lowest BCUT2D eigenvalue weighted by atomic mass is 9.99. The van der Waals surface area contributed by atoms with Gasteiger partial charge in [0.25, 0.3) is 0 Å². The summed E-state index contributed by atoms with van der Waals surface area (Å²) < 4.78 is 4.95. The number of esters is 1. The van der Waals surface area contributed by atoms with Gasteiger partial charge in [0.15, 0.2) is 0 Å². The van der Waals surface area contributed by atoms with Gasteiger partial charge in [0.2, 0.25) is 5.91 Å². The van der Waals surface area contributed by atoms with Crippen LogP contribution in [0.1, 0.15) is 29.3 Å². The van der Waals surface area contributed by atoms with E-state index in [2.05, 4.69) is 16.3 Å². The van der Waals surface area contributed by atoms with Gasteiger partial charge >= 0.3 is 5.97 Å². The highest BCUT2D eigenvalue weighted by Crippen LogP contribution is 2.24. The third-order valence-electron chi connectivity index (χ3n) is 4.58. The first-order valence-corrected chi connectivity index (χ1v) is 9.33. The molecule has 0 spiro atoms. The summed E-state index contributed by atoms with van der Waals surface area (Å²) in [5.41, 5.74) is 3.44. The van der Waals surface area contributed by atoms with Crippen LogP contribution in [0.2, 0.25) is 0 Å². The van der Waals surface area contributed by atoms with E-state index < -0.39 is 0 Å². The van der Waals surface area contributed by atoms with Crippen LogP contribution in [0.5, 0.6) is 5.75 Å². The van der Waals surface area contributed by atoms with Crippen molar-refractivity contribution in [3.63, 3.8) is 0 Å². The Kier molecular flexibility index (Phi) is 6.45. The van der Waals surface area contributed by atoms with E-state index in [0.29, 0.717) is 30.9 Å². The Morgan fingerprint density at radius 3 is 2.43 bits per heavy atom. The first-order valence-electron chi connectivity index (χ1n) is 9.33. The highest BCUT2D eigenvalue weighted by Gasteiger charge is 2.16. The molecular formula is C22H24N2O4. The second-order valence-corrected chi connectivity index (χ2v) is 6.61. The van der Waals surface area contributed by atoms with Crippen molar-refractivity contribution in [2.75, 3.05) is 31.6 Å². The number of phenolic OH excluding ortho intramolecular Hbond substituents is 1. The SMILES string of the molecule is CCOC(=O)c1ccc(NC(=O)CN2CC=C(c3ccc(O)cc3)CC2)cc1. The van der Waals surface area contributed by atoms with Gasteiger partial charge < -0.3 is 15.2 Å². The minimum atomic E-state index is -0.370. The highest BCUT2D eigenvalue weighted by molar-refractivity contribution is 5.94. The number of hydrogen-bond donors (Lipinski definition) is 2. The monoisotopic (exact) mass is 380 g/mol. The van der Waals surface area contributed by atoms with Gasteiger partial charge in [-0.25, -0.2) is 4.79 Å².